The molecule has 2 aliphatic carbocycles. The van der Waals surface area contributed by atoms with Crippen molar-refractivity contribution in [3.8, 4) is 31.6 Å². The van der Waals surface area contributed by atoms with Gasteiger partial charge in [0.25, 0.3) is 23.6 Å². The molecule has 0 N–H and O–H groups in total. The minimum atomic E-state index is -2.88. The van der Waals surface area contributed by atoms with Gasteiger partial charge in [0.1, 0.15) is 84.4 Å². The van der Waals surface area contributed by atoms with Crippen molar-refractivity contribution >= 4 is 115 Å². The SMILES string of the molecule is CC1=C(C#N)C(=O)N(C(=O)OCc2ccccc2)C(=O)C1=Nc1cc2c(s1)-c1sc3c(c1C2(C(=O)OCc1ccccc1)C(=O)OCc1ccccc1)C(C(=O)OCc1ccccc1)(C(=O)OCc1ccccc1)c1cc(N=C2C(=O)N(C(=O)OCc4ccccc4)C(=O)C(C#N)=C2C)sc1-3. The van der Waals surface area contributed by atoms with Gasteiger partial charge < -0.3 is 28.4 Å². The first-order chi connectivity index (χ1) is 49.0. The van der Waals surface area contributed by atoms with Crippen LogP contribution in [0, 0.1) is 22.7 Å². The number of ether oxygens (including phenoxy) is 6. The predicted octanol–water partition coefficient (Wildman–Crippen LogP) is 12.6. The molecular formula is C76H50N6O16S3. The van der Waals surface area contributed by atoms with Gasteiger partial charge in [-0.25, -0.2) is 19.6 Å². The second-order valence-corrected chi connectivity index (χ2v) is 26.1. The molecule has 25 heteroatoms. The van der Waals surface area contributed by atoms with E-state index in [2.05, 4.69) is 0 Å². The predicted molar refractivity (Wildman–Crippen MR) is 365 cm³/mol. The number of hydrogen-bond donors (Lipinski definition) is 0. The van der Waals surface area contributed by atoms with E-state index in [4.69, 9.17) is 38.4 Å². The van der Waals surface area contributed by atoms with Crippen molar-refractivity contribution in [3.05, 3.63) is 272 Å². The fourth-order valence-corrected chi connectivity index (χ4v) is 15.9. The lowest BCUT2D eigenvalue weighted by Gasteiger charge is -2.32. The minimum absolute atomic E-state index is 0.0575. The van der Waals surface area contributed by atoms with Gasteiger partial charge in [-0.3, -0.25) is 38.4 Å². The van der Waals surface area contributed by atoms with Crippen LogP contribution in [0.3, 0.4) is 0 Å². The largest absolute Gasteiger partial charge is 0.459 e. The number of nitriles is 2. The maximum Gasteiger partial charge on any atom is 0.424 e. The monoisotopic (exact) mass is 1400 g/mol. The molecule has 0 atom stereocenters. The van der Waals surface area contributed by atoms with Crippen LogP contribution in [0.1, 0.15) is 69.5 Å². The number of fused-ring (bicyclic) bond motifs is 7. The number of thiophene rings is 3. The molecule has 2 aliphatic heterocycles. The molecule has 5 heterocycles. The number of carbonyl (C=O) groups excluding carboxylic acids is 10. The molecule has 0 radical (unpaired) electrons. The van der Waals surface area contributed by atoms with Crippen LogP contribution in [0.2, 0.25) is 0 Å². The van der Waals surface area contributed by atoms with Gasteiger partial charge in [-0.1, -0.05) is 182 Å². The molecule has 9 aromatic rings. The standard InChI is InChI=1S/C76H50N6O16S3/c1-43-51(35-77)65(83)81(73(91)97-41-49-29-17-7-18-30-49)67(85)59(43)79-55-33-53-61(99-55)63-57(75(53,69(87)93-37-45-21-9-3-10-22-45)70(88)94-38-46-23-11-4-12-24-46)58-64(101-63)62-54(76(58,71(89)95-39-47-25-13-5-14-26-47)72(90)96-40-48-27-15-6-16-28-48)34-56(100-62)80-60-44(2)52(36-78)66(84)82(68(60)86)74(92)98-42-50-31-19-8-20-32-50/h3-34H,37-42H2,1-2H3. The lowest BCUT2D eigenvalue weighted by atomic mass is 9.70. The molecule has 0 unspecified atom stereocenters. The van der Waals surface area contributed by atoms with E-state index in [1.54, 1.807) is 194 Å². The zero-order chi connectivity index (χ0) is 70.7. The van der Waals surface area contributed by atoms with Crippen LogP contribution < -0.4 is 0 Å². The van der Waals surface area contributed by atoms with E-state index in [1.165, 1.54) is 26.0 Å². The molecule has 498 valence electrons. The molecule has 0 spiro atoms. The van der Waals surface area contributed by atoms with Crippen molar-refractivity contribution in [1.82, 2.24) is 9.80 Å². The third kappa shape index (κ3) is 12.1. The molecule has 6 amide bonds. The maximum absolute atomic E-state index is 16.4. The second-order valence-electron chi connectivity index (χ2n) is 23.0. The molecule has 13 rings (SSSR count). The van der Waals surface area contributed by atoms with Crippen molar-refractivity contribution in [2.75, 3.05) is 0 Å². The van der Waals surface area contributed by atoms with Gasteiger partial charge in [0.2, 0.25) is 10.8 Å². The van der Waals surface area contributed by atoms with Crippen LogP contribution in [0.4, 0.5) is 19.6 Å². The highest BCUT2D eigenvalue weighted by Gasteiger charge is 2.69. The first-order valence-corrected chi connectivity index (χ1v) is 33.3. The Morgan fingerprint density at radius 1 is 0.376 bits per heavy atom. The number of amides is 6. The Labute approximate surface area is 586 Å². The summed E-state index contributed by atoms with van der Waals surface area (Å²) in [5.74, 6) is -10.3. The summed E-state index contributed by atoms with van der Waals surface area (Å²) in [7, 11) is 0. The number of carbonyl (C=O) groups is 10. The summed E-state index contributed by atoms with van der Waals surface area (Å²) in [6, 6.07) is 56.8. The van der Waals surface area contributed by atoms with E-state index in [0.29, 0.717) is 33.4 Å². The van der Waals surface area contributed by atoms with E-state index in [0.717, 1.165) is 34.0 Å². The number of imide groups is 6. The highest BCUT2D eigenvalue weighted by molar-refractivity contribution is 7.29. The van der Waals surface area contributed by atoms with Crippen molar-refractivity contribution < 1.29 is 76.4 Å². The Morgan fingerprint density at radius 3 is 0.891 bits per heavy atom. The Balaban J connectivity index is 1.05. The Bertz CT molecular complexity index is 4730. The summed E-state index contributed by atoms with van der Waals surface area (Å²) in [6.45, 7) is -0.0163. The summed E-state index contributed by atoms with van der Waals surface area (Å²) < 4.78 is 36.1. The number of esters is 4. The van der Waals surface area contributed by atoms with Gasteiger partial charge in [0, 0.05) is 33.4 Å². The van der Waals surface area contributed by atoms with E-state index >= 15 is 19.2 Å². The highest BCUT2D eigenvalue weighted by atomic mass is 32.1. The van der Waals surface area contributed by atoms with Crippen LogP contribution >= 0.6 is 34.0 Å². The van der Waals surface area contributed by atoms with Gasteiger partial charge in [-0.15, -0.1) is 34.0 Å². The van der Waals surface area contributed by atoms with Gasteiger partial charge >= 0.3 is 36.1 Å². The summed E-state index contributed by atoms with van der Waals surface area (Å²) in [5.41, 5.74) is -6.69. The average molecular weight is 1400 g/mol. The van der Waals surface area contributed by atoms with Gasteiger partial charge in [0.05, 0.1) is 19.5 Å². The van der Waals surface area contributed by atoms with Crippen molar-refractivity contribution in [1.29, 1.82) is 10.5 Å². The first kappa shape index (κ1) is 66.9. The number of aliphatic imine (C=N–C) groups is 2. The van der Waals surface area contributed by atoms with E-state index < -0.39 is 120 Å². The molecule has 0 fully saturated rings. The zero-order valence-corrected chi connectivity index (χ0v) is 55.6. The fraction of sp³-hybridized carbons (Fsp3) is 0.132. The number of nitrogens with zero attached hydrogens (tertiary/aromatic N) is 6. The number of rotatable bonds is 18. The van der Waals surface area contributed by atoms with Crippen LogP contribution in [0.15, 0.2) is 226 Å². The Morgan fingerprint density at radius 2 is 0.634 bits per heavy atom. The smallest absolute Gasteiger partial charge is 0.424 e. The van der Waals surface area contributed by atoms with Gasteiger partial charge in [0.15, 0.2) is 0 Å². The van der Waals surface area contributed by atoms with E-state index in [1.807, 2.05) is 0 Å². The molecule has 22 nitrogen and oxygen atoms in total. The summed E-state index contributed by atoms with van der Waals surface area (Å²) in [6.07, 6.45) is -2.83. The molecule has 0 bridgehead atoms. The zero-order valence-electron chi connectivity index (χ0n) is 53.2. The molecule has 6 aromatic carbocycles. The third-order valence-corrected chi connectivity index (χ3v) is 20.5. The molecule has 101 heavy (non-hydrogen) atoms. The second kappa shape index (κ2) is 28.0. The Hall–Kier alpha value is -12.7. The minimum Gasteiger partial charge on any atom is -0.459 e. The molecule has 0 saturated carbocycles. The lowest BCUT2D eigenvalue weighted by Crippen LogP contribution is -2.50. The van der Waals surface area contributed by atoms with Crippen LogP contribution in [0.25, 0.3) is 19.5 Å². The van der Waals surface area contributed by atoms with Crippen molar-refractivity contribution in [2.24, 2.45) is 9.98 Å². The molecule has 3 aromatic heterocycles. The van der Waals surface area contributed by atoms with E-state index in [-0.39, 0.29) is 85.9 Å². The molecule has 0 saturated heterocycles. The average Bonchev–Trinajstić information content (AvgIpc) is 1.49. The van der Waals surface area contributed by atoms with Gasteiger partial charge in [-0.2, -0.15) is 20.3 Å². The lowest BCUT2D eigenvalue weighted by molar-refractivity contribution is -0.167. The first-order valence-electron chi connectivity index (χ1n) is 30.9. The summed E-state index contributed by atoms with van der Waals surface area (Å²) >= 11 is 2.50. The number of benzene rings is 6. The highest BCUT2D eigenvalue weighted by Crippen LogP contribution is 2.68. The summed E-state index contributed by atoms with van der Waals surface area (Å²) in [4.78, 5) is 160. The molecular weight excluding hydrogens is 1350 g/mol. The molecule has 4 aliphatic rings. The van der Waals surface area contributed by atoms with Crippen molar-refractivity contribution in [3.63, 3.8) is 0 Å². The van der Waals surface area contributed by atoms with Crippen LogP contribution in [0.5, 0.6) is 0 Å². The van der Waals surface area contributed by atoms with Crippen LogP contribution in [-0.2, 0) is 117 Å². The van der Waals surface area contributed by atoms with E-state index in [9.17, 15) is 39.3 Å². The maximum atomic E-state index is 16.4. The quantitative estimate of drug-likeness (QED) is 0.0333. The fourth-order valence-electron chi connectivity index (χ4n) is 12.0. The van der Waals surface area contributed by atoms with Crippen molar-refractivity contribution in [2.45, 2.75) is 64.3 Å². The normalized spacial score (nSPS) is 15.4. The third-order valence-electron chi connectivity index (χ3n) is 16.9. The van der Waals surface area contributed by atoms with Gasteiger partial charge in [-0.05, 0) is 59.4 Å². The van der Waals surface area contributed by atoms with Crippen LogP contribution in [-0.4, -0.2) is 80.9 Å². The Kier molecular flexibility index (Phi) is 18.6. The number of hydrogen-bond acceptors (Lipinski definition) is 23. The summed E-state index contributed by atoms with van der Waals surface area (Å²) in [5, 5.41) is 20.5. The topological polar surface area (TPSA) is 305 Å².